The van der Waals surface area contributed by atoms with Crippen LogP contribution in [0.1, 0.15) is 30.9 Å². The van der Waals surface area contributed by atoms with Crippen LogP contribution < -0.4 is 14.5 Å². The second-order valence-corrected chi connectivity index (χ2v) is 6.92. The molecule has 0 spiro atoms. The summed E-state index contributed by atoms with van der Waals surface area (Å²) in [6, 6.07) is 7.42. The Morgan fingerprint density at radius 3 is 2.79 bits per heavy atom. The molecule has 0 N–H and O–H groups in total. The highest BCUT2D eigenvalue weighted by Crippen LogP contribution is 2.36. The zero-order valence-electron chi connectivity index (χ0n) is 16.4. The SMILES string of the molecule is CCN(c1ccc(C#N)c(C(F)(F)F)c1)[C@@H]1CCCN(c2cnccc2OC)C1. The van der Waals surface area contributed by atoms with Crippen LogP contribution in [0, 0.1) is 11.3 Å². The molecule has 2 heterocycles. The Labute approximate surface area is 168 Å². The van der Waals surface area contributed by atoms with Crippen molar-refractivity contribution in [3.8, 4) is 11.8 Å². The Balaban J connectivity index is 1.89. The molecule has 0 amide bonds. The van der Waals surface area contributed by atoms with E-state index in [1.165, 1.54) is 6.07 Å². The fraction of sp³-hybridized carbons (Fsp3) is 0.429. The number of methoxy groups -OCH3 is 1. The summed E-state index contributed by atoms with van der Waals surface area (Å²) < 4.78 is 45.6. The number of aromatic nitrogens is 1. The van der Waals surface area contributed by atoms with Gasteiger partial charge in [0.15, 0.2) is 0 Å². The van der Waals surface area contributed by atoms with Crippen molar-refractivity contribution in [3.63, 3.8) is 0 Å². The lowest BCUT2D eigenvalue weighted by atomic mass is 10.0. The van der Waals surface area contributed by atoms with Crippen LogP contribution in [0.4, 0.5) is 24.5 Å². The average molecular weight is 404 g/mol. The van der Waals surface area contributed by atoms with Crippen molar-refractivity contribution in [1.82, 2.24) is 4.98 Å². The maximum absolute atomic E-state index is 13.4. The minimum atomic E-state index is -4.57. The third-order valence-corrected chi connectivity index (χ3v) is 5.26. The molecule has 3 rings (SSSR count). The molecule has 0 saturated carbocycles. The number of pyridine rings is 1. The lowest BCUT2D eigenvalue weighted by molar-refractivity contribution is -0.137. The van der Waals surface area contributed by atoms with Gasteiger partial charge in [-0.15, -0.1) is 0 Å². The van der Waals surface area contributed by atoms with E-state index < -0.39 is 11.7 Å². The lowest BCUT2D eigenvalue weighted by Gasteiger charge is -2.41. The fourth-order valence-electron chi connectivity index (χ4n) is 3.91. The molecule has 0 unspecified atom stereocenters. The Hall–Kier alpha value is -2.95. The highest BCUT2D eigenvalue weighted by atomic mass is 19.4. The van der Waals surface area contributed by atoms with E-state index in [2.05, 4.69) is 9.88 Å². The molecule has 0 aliphatic carbocycles. The van der Waals surface area contributed by atoms with E-state index in [4.69, 9.17) is 10.00 Å². The summed E-state index contributed by atoms with van der Waals surface area (Å²) in [5, 5.41) is 9.04. The van der Waals surface area contributed by atoms with E-state index in [-0.39, 0.29) is 11.6 Å². The van der Waals surface area contributed by atoms with Crippen LogP contribution in [0.5, 0.6) is 5.75 Å². The van der Waals surface area contributed by atoms with Crippen molar-refractivity contribution < 1.29 is 17.9 Å². The zero-order chi connectivity index (χ0) is 21.0. The molecule has 5 nitrogen and oxygen atoms in total. The van der Waals surface area contributed by atoms with Gasteiger partial charge in [-0.2, -0.15) is 18.4 Å². The summed E-state index contributed by atoms with van der Waals surface area (Å²) in [6.45, 7) is 3.97. The number of alkyl halides is 3. The first-order valence-corrected chi connectivity index (χ1v) is 9.50. The van der Waals surface area contributed by atoms with Gasteiger partial charge < -0.3 is 14.5 Å². The number of halogens is 3. The quantitative estimate of drug-likeness (QED) is 0.736. The van der Waals surface area contributed by atoms with E-state index in [0.29, 0.717) is 18.8 Å². The van der Waals surface area contributed by atoms with E-state index in [0.717, 1.165) is 36.9 Å². The van der Waals surface area contributed by atoms with Gasteiger partial charge in [0, 0.05) is 43.6 Å². The fourth-order valence-corrected chi connectivity index (χ4v) is 3.91. The van der Waals surface area contributed by atoms with Crippen LogP contribution in [0.2, 0.25) is 0 Å². The molecule has 0 bridgehead atoms. The molecule has 154 valence electrons. The Morgan fingerprint density at radius 2 is 2.14 bits per heavy atom. The normalized spacial score (nSPS) is 17.0. The van der Waals surface area contributed by atoms with Gasteiger partial charge in [0.2, 0.25) is 0 Å². The van der Waals surface area contributed by atoms with Gasteiger partial charge in [-0.25, -0.2) is 0 Å². The minimum absolute atomic E-state index is 0.0349. The van der Waals surface area contributed by atoms with Crippen LogP contribution >= 0.6 is 0 Å². The monoisotopic (exact) mass is 404 g/mol. The molecule has 8 heteroatoms. The van der Waals surface area contributed by atoms with Crippen molar-refractivity contribution in [2.75, 3.05) is 36.5 Å². The molecule has 1 atom stereocenters. The van der Waals surface area contributed by atoms with E-state index >= 15 is 0 Å². The van der Waals surface area contributed by atoms with Crippen LogP contribution in [-0.2, 0) is 6.18 Å². The second kappa shape index (κ2) is 8.60. The van der Waals surface area contributed by atoms with E-state index in [9.17, 15) is 13.2 Å². The van der Waals surface area contributed by atoms with Crippen molar-refractivity contribution in [2.45, 2.75) is 32.0 Å². The lowest BCUT2D eigenvalue weighted by Crippen LogP contribution is -2.48. The summed E-state index contributed by atoms with van der Waals surface area (Å²) in [5.74, 6) is 0.724. The number of anilines is 2. The molecule has 1 aliphatic rings. The first-order valence-electron chi connectivity index (χ1n) is 9.50. The first-order chi connectivity index (χ1) is 13.9. The predicted octanol–water partition coefficient (Wildman–Crippen LogP) is 4.48. The third-order valence-electron chi connectivity index (χ3n) is 5.26. The number of nitrogens with zero attached hydrogens (tertiary/aromatic N) is 4. The second-order valence-electron chi connectivity index (χ2n) is 6.92. The van der Waals surface area contributed by atoms with Gasteiger partial charge in [0.05, 0.1) is 36.2 Å². The minimum Gasteiger partial charge on any atom is -0.494 e. The molecule has 1 fully saturated rings. The summed E-state index contributed by atoms with van der Waals surface area (Å²) in [7, 11) is 1.61. The topological polar surface area (TPSA) is 52.4 Å². The molecule has 0 radical (unpaired) electrons. The standard InChI is InChI=1S/C21H23F3N4O/c1-3-28(16-7-6-15(12-25)18(11-16)21(22,23)24)17-5-4-10-27(14-17)19-13-26-9-8-20(19)29-2/h6-9,11,13,17H,3-5,10,14H2,1-2H3/t17-/m1/s1. The molecular formula is C21H23F3N4O. The number of benzene rings is 1. The number of rotatable bonds is 5. The van der Waals surface area contributed by atoms with Crippen molar-refractivity contribution >= 4 is 11.4 Å². The van der Waals surface area contributed by atoms with Gasteiger partial charge >= 0.3 is 6.18 Å². The number of nitriles is 1. The van der Waals surface area contributed by atoms with Crippen molar-refractivity contribution in [1.29, 1.82) is 5.26 Å². The Bertz CT molecular complexity index is 894. The summed E-state index contributed by atoms with van der Waals surface area (Å²) in [6.07, 6.45) is 0.622. The molecule has 29 heavy (non-hydrogen) atoms. The number of hydrogen-bond acceptors (Lipinski definition) is 5. The molecule has 2 aromatic rings. The number of likely N-dealkylation sites (N-methyl/N-ethyl adjacent to an activating group) is 1. The number of ether oxygens (including phenoxy) is 1. The highest BCUT2D eigenvalue weighted by Gasteiger charge is 2.35. The van der Waals surface area contributed by atoms with Crippen molar-refractivity contribution in [3.05, 3.63) is 47.8 Å². The van der Waals surface area contributed by atoms with E-state index in [1.54, 1.807) is 37.7 Å². The smallest absolute Gasteiger partial charge is 0.417 e. The average Bonchev–Trinajstić information content (AvgIpc) is 2.73. The Morgan fingerprint density at radius 1 is 1.34 bits per heavy atom. The van der Waals surface area contributed by atoms with Gasteiger partial charge in [-0.1, -0.05) is 0 Å². The van der Waals surface area contributed by atoms with Crippen LogP contribution in [-0.4, -0.2) is 37.8 Å². The molecule has 1 aromatic carbocycles. The predicted molar refractivity (Wildman–Crippen MR) is 105 cm³/mol. The van der Waals surface area contributed by atoms with Crippen molar-refractivity contribution in [2.24, 2.45) is 0 Å². The largest absolute Gasteiger partial charge is 0.494 e. The van der Waals surface area contributed by atoms with Crippen LogP contribution in [0.3, 0.4) is 0 Å². The van der Waals surface area contributed by atoms with Crippen LogP contribution in [0.25, 0.3) is 0 Å². The van der Waals surface area contributed by atoms with Gasteiger partial charge in [-0.05, 0) is 38.0 Å². The summed E-state index contributed by atoms with van der Waals surface area (Å²) >= 11 is 0. The van der Waals surface area contributed by atoms with E-state index in [1.807, 2.05) is 11.8 Å². The number of piperidine rings is 1. The highest BCUT2D eigenvalue weighted by molar-refractivity contribution is 5.59. The first kappa shape index (κ1) is 20.8. The maximum atomic E-state index is 13.4. The molecule has 1 aliphatic heterocycles. The van der Waals surface area contributed by atoms with Gasteiger partial charge in [-0.3, -0.25) is 4.98 Å². The van der Waals surface area contributed by atoms with Gasteiger partial charge in [0.25, 0.3) is 0 Å². The number of hydrogen-bond donors (Lipinski definition) is 0. The van der Waals surface area contributed by atoms with Crippen LogP contribution in [0.15, 0.2) is 36.7 Å². The zero-order valence-corrected chi connectivity index (χ0v) is 16.4. The molecular weight excluding hydrogens is 381 g/mol. The molecule has 1 saturated heterocycles. The maximum Gasteiger partial charge on any atom is 0.417 e. The Kier molecular flexibility index (Phi) is 6.16. The van der Waals surface area contributed by atoms with Gasteiger partial charge in [0.1, 0.15) is 5.75 Å². The third kappa shape index (κ3) is 4.39. The molecule has 1 aromatic heterocycles. The summed E-state index contributed by atoms with van der Waals surface area (Å²) in [4.78, 5) is 8.32. The summed E-state index contributed by atoms with van der Waals surface area (Å²) in [5.41, 5.74) is 0.107.